The van der Waals surface area contributed by atoms with Gasteiger partial charge in [-0.05, 0) is 26.0 Å². The van der Waals surface area contributed by atoms with Gasteiger partial charge >= 0.3 is 5.97 Å². The minimum atomic E-state index is -1.04. The molecule has 5 nitrogen and oxygen atoms in total. The Balaban J connectivity index is 0.00000361. The third-order valence-electron chi connectivity index (χ3n) is 3.08. The number of ether oxygens (including phenoxy) is 1. The van der Waals surface area contributed by atoms with Crippen molar-refractivity contribution in [1.82, 2.24) is 0 Å². The summed E-state index contributed by atoms with van der Waals surface area (Å²) in [4.78, 5) is 11.8. The quantitative estimate of drug-likeness (QED) is 0.805. The van der Waals surface area contributed by atoms with Crippen molar-refractivity contribution in [2.24, 2.45) is 11.1 Å². The lowest BCUT2D eigenvalue weighted by Crippen LogP contribution is -2.37. The Hall–Kier alpha value is -1.29. The van der Waals surface area contributed by atoms with Crippen LogP contribution in [0.25, 0.3) is 0 Å². The second kappa shape index (κ2) is 6.93. The maximum Gasteiger partial charge on any atom is 0.313 e. The van der Waals surface area contributed by atoms with Crippen molar-refractivity contribution in [2.75, 3.05) is 7.11 Å². The van der Waals surface area contributed by atoms with Crippen LogP contribution in [0.4, 0.5) is 0 Å². The van der Waals surface area contributed by atoms with Gasteiger partial charge in [-0.1, -0.05) is 15.9 Å². The molecule has 0 aromatic heterocycles. The molecule has 7 heteroatoms. The number of phenols is 1. The van der Waals surface area contributed by atoms with Crippen LogP contribution in [0.1, 0.15) is 31.0 Å². The van der Waals surface area contributed by atoms with Gasteiger partial charge in [0.05, 0.1) is 24.1 Å². The molecule has 0 radical (unpaired) electrons. The molecule has 0 aliphatic carbocycles. The zero-order valence-corrected chi connectivity index (χ0v) is 13.7. The molecule has 0 aliphatic rings. The topological polar surface area (TPSA) is 96.3 Å². The molecule has 0 aliphatic heterocycles. The molecule has 0 amide bonds. The first-order chi connectivity index (χ1) is 8.77. The first kappa shape index (κ1) is 18.7. The smallest absolute Gasteiger partial charge is 0.313 e. The lowest BCUT2D eigenvalue weighted by Gasteiger charge is -2.30. The number of aromatic hydroxyl groups is 1. The number of nitriles is 1. The van der Waals surface area contributed by atoms with E-state index < -0.39 is 17.4 Å². The molecule has 1 aromatic carbocycles. The van der Waals surface area contributed by atoms with Crippen LogP contribution in [0.3, 0.4) is 0 Å². The fraction of sp³-hybridized carbons (Fsp3) is 0.385. The van der Waals surface area contributed by atoms with Crippen molar-refractivity contribution in [3.8, 4) is 11.8 Å². The highest BCUT2D eigenvalue weighted by Crippen LogP contribution is 2.41. The van der Waals surface area contributed by atoms with E-state index in [0.717, 1.165) is 0 Å². The van der Waals surface area contributed by atoms with Gasteiger partial charge < -0.3 is 15.6 Å². The number of nitrogens with two attached hydrogens (primary N) is 1. The van der Waals surface area contributed by atoms with Crippen molar-refractivity contribution in [3.05, 3.63) is 27.7 Å². The minimum Gasteiger partial charge on any atom is -0.506 e. The van der Waals surface area contributed by atoms with Crippen LogP contribution in [0.15, 0.2) is 16.6 Å². The molecule has 0 bridgehead atoms. The predicted molar refractivity (Wildman–Crippen MR) is 80.5 cm³/mol. The SMILES string of the molecule is COC(=O)C(C)(C)[C@@H](N)c1c(Br)ccc(C#N)c1O.Cl. The highest BCUT2D eigenvalue weighted by Gasteiger charge is 2.39. The number of carbonyl (C=O) groups is 1. The number of phenolic OH excluding ortho intramolecular Hbond substituents is 1. The van der Waals surface area contributed by atoms with Crippen LogP contribution in [-0.4, -0.2) is 18.2 Å². The molecule has 110 valence electrons. The van der Waals surface area contributed by atoms with Crippen molar-refractivity contribution < 1.29 is 14.6 Å². The normalized spacial score (nSPS) is 12.0. The number of methoxy groups -OCH3 is 1. The molecule has 1 rings (SSSR count). The van der Waals surface area contributed by atoms with Gasteiger partial charge in [0.1, 0.15) is 11.8 Å². The average molecular weight is 364 g/mol. The van der Waals surface area contributed by atoms with Gasteiger partial charge in [0.25, 0.3) is 0 Å². The van der Waals surface area contributed by atoms with E-state index in [0.29, 0.717) is 10.0 Å². The standard InChI is InChI=1S/C13H15BrN2O3.ClH/c1-13(2,12(18)19-3)11(16)9-8(14)5-4-7(6-15)10(9)17;/h4-5,11,17H,16H2,1-3H3;1H/t11-;/m0./s1. The number of hydrogen-bond donors (Lipinski definition) is 2. The van der Waals surface area contributed by atoms with Crippen LogP contribution >= 0.6 is 28.3 Å². The third kappa shape index (κ3) is 3.23. The summed E-state index contributed by atoms with van der Waals surface area (Å²) in [6.07, 6.45) is 0. The van der Waals surface area contributed by atoms with Gasteiger partial charge in [-0.25, -0.2) is 0 Å². The van der Waals surface area contributed by atoms with Gasteiger partial charge in [-0.2, -0.15) is 5.26 Å². The molecule has 0 unspecified atom stereocenters. The number of benzene rings is 1. The molecule has 0 spiro atoms. The number of carbonyl (C=O) groups excluding carboxylic acids is 1. The van der Waals surface area contributed by atoms with Crippen LogP contribution in [0.2, 0.25) is 0 Å². The summed E-state index contributed by atoms with van der Waals surface area (Å²) in [7, 11) is 1.28. The van der Waals surface area contributed by atoms with E-state index in [-0.39, 0.29) is 23.7 Å². The van der Waals surface area contributed by atoms with Crippen molar-refractivity contribution >= 4 is 34.3 Å². The molecular formula is C13H16BrClN2O3. The molecule has 3 N–H and O–H groups in total. The second-order valence-electron chi connectivity index (χ2n) is 4.66. The molecular weight excluding hydrogens is 348 g/mol. The number of halogens is 2. The highest BCUT2D eigenvalue weighted by molar-refractivity contribution is 9.10. The van der Waals surface area contributed by atoms with Crippen LogP contribution < -0.4 is 5.73 Å². The van der Waals surface area contributed by atoms with Gasteiger partial charge in [0.15, 0.2) is 0 Å². The Kier molecular flexibility index (Phi) is 6.48. The summed E-state index contributed by atoms with van der Waals surface area (Å²) in [5, 5.41) is 19.0. The van der Waals surface area contributed by atoms with E-state index in [1.165, 1.54) is 13.2 Å². The maximum absolute atomic E-state index is 11.8. The largest absolute Gasteiger partial charge is 0.506 e. The van der Waals surface area contributed by atoms with E-state index in [2.05, 4.69) is 15.9 Å². The average Bonchev–Trinajstić information content (AvgIpc) is 2.37. The van der Waals surface area contributed by atoms with E-state index in [9.17, 15) is 9.90 Å². The van der Waals surface area contributed by atoms with E-state index in [1.807, 2.05) is 6.07 Å². The number of hydrogen-bond acceptors (Lipinski definition) is 5. The predicted octanol–water partition coefficient (Wildman–Crippen LogP) is 2.65. The fourth-order valence-electron chi connectivity index (χ4n) is 1.72. The summed E-state index contributed by atoms with van der Waals surface area (Å²) in [5.41, 5.74) is 5.46. The van der Waals surface area contributed by atoms with E-state index in [4.69, 9.17) is 15.7 Å². The molecule has 0 fully saturated rings. The van der Waals surface area contributed by atoms with Crippen LogP contribution in [0, 0.1) is 16.7 Å². The number of nitrogens with zero attached hydrogens (tertiary/aromatic N) is 1. The maximum atomic E-state index is 11.8. The molecule has 1 atom stereocenters. The molecule has 1 aromatic rings. The van der Waals surface area contributed by atoms with Gasteiger partial charge in [0.2, 0.25) is 0 Å². The van der Waals surface area contributed by atoms with E-state index >= 15 is 0 Å². The Labute approximate surface area is 132 Å². The monoisotopic (exact) mass is 362 g/mol. The first-order valence-electron chi connectivity index (χ1n) is 5.52. The van der Waals surface area contributed by atoms with Crippen LogP contribution in [-0.2, 0) is 9.53 Å². The van der Waals surface area contributed by atoms with Gasteiger partial charge in [-0.15, -0.1) is 12.4 Å². The first-order valence-corrected chi connectivity index (χ1v) is 6.32. The summed E-state index contributed by atoms with van der Waals surface area (Å²) < 4.78 is 5.25. The fourth-order valence-corrected chi connectivity index (χ4v) is 2.29. The van der Waals surface area contributed by atoms with E-state index in [1.54, 1.807) is 19.9 Å². The molecule has 0 saturated heterocycles. The third-order valence-corrected chi connectivity index (χ3v) is 3.78. The van der Waals surface area contributed by atoms with Gasteiger partial charge in [-0.3, -0.25) is 4.79 Å². The minimum absolute atomic E-state index is 0. The zero-order valence-electron chi connectivity index (χ0n) is 11.3. The Morgan fingerprint density at radius 3 is 2.55 bits per heavy atom. The van der Waals surface area contributed by atoms with Gasteiger partial charge in [0, 0.05) is 10.0 Å². The van der Waals surface area contributed by atoms with Crippen LogP contribution in [0.5, 0.6) is 5.75 Å². The number of rotatable bonds is 3. The molecule has 0 heterocycles. The summed E-state index contributed by atoms with van der Waals surface area (Å²) in [6, 6.07) is 4.14. The highest BCUT2D eigenvalue weighted by atomic mass is 79.9. The Morgan fingerprint density at radius 2 is 2.10 bits per heavy atom. The summed E-state index contributed by atoms with van der Waals surface area (Å²) in [6.45, 7) is 3.24. The molecule has 20 heavy (non-hydrogen) atoms. The van der Waals surface area contributed by atoms with Crippen molar-refractivity contribution in [3.63, 3.8) is 0 Å². The zero-order chi connectivity index (χ0) is 14.8. The van der Waals surface area contributed by atoms with Crippen molar-refractivity contribution in [2.45, 2.75) is 19.9 Å². The lowest BCUT2D eigenvalue weighted by atomic mass is 9.80. The second-order valence-corrected chi connectivity index (χ2v) is 5.51. The lowest BCUT2D eigenvalue weighted by molar-refractivity contribution is -0.152. The van der Waals surface area contributed by atoms with Crippen molar-refractivity contribution in [1.29, 1.82) is 5.26 Å². The molecule has 0 saturated carbocycles. The summed E-state index contributed by atoms with van der Waals surface area (Å²) in [5.74, 6) is -0.713. The summed E-state index contributed by atoms with van der Waals surface area (Å²) >= 11 is 3.27. The Bertz CT molecular complexity index is 555. The number of esters is 1. The Morgan fingerprint density at radius 1 is 1.55 bits per heavy atom.